The van der Waals surface area contributed by atoms with Gasteiger partial charge < -0.3 is 14.6 Å². The molecule has 0 radical (unpaired) electrons. The van der Waals surface area contributed by atoms with Crippen LogP contribution >= 0.6 is 0 Å². The minimum atomic E-state index is 0.303. The fourth-order valence-electron chi connectivity index (χ4n) is 1.65. The number of nitrogens with zero attached hydrogens (tertiary/aromatic N) is 2. The van der Waals surface area contributed by atoms with Crippen LogP contribution in [0.5, 0.6) is 0 Å². The molecule has 1 aromatic heterocycles. The quantitative estimate of drug-likeness (QED) is 0.807. The van der Waals surface area contributed by atoms with E-state index in [0.717, 1.165) is 18.2 Å². The minimum Gasteiger partial charge on any atom is -0.383 e. The number of hydrogen-bond donors (Lipinski definition) is 1. The van der Waals surface area contributed by atoms with E-state index >= 15 is 0 Å². The van der Waals surface area contributed by atoms with Crippen LogP contribution in [0.15, 0.2) is 6.20 Å². The number of ether oxygens (including phenoxy) is 1. The number of aryl methyl sites for hydroxylation is 2. The van der Waals surface area contributed by atoms with Crippen LogP contribution in [-0.4, -0.2) is 29.3 Å². The van der Waals surface area contributed by atoms with Crippen molar-refractivity contribution < 1.29 is 4.74 Å². The lowest BCUT2D eigenvalue weighted by atomic mass is 10.1. The maximum absolute atomic E-state index is 5.22. The van der Waals surface area contributed by atoms with Gasteiger partial charge in [-0.25, -0.2) is 4.98 Å². The molecular formula is C12H23N3O. The first-order valence-electron chi connectivity index (χ1n) is 5.87. The van der Waals surface area contributed by atoms with Crippen molar-refractivity contribution in [1.82, 2.24) is 9.55 Å². The van der Waals surface area contributed by atoms with Gasteiger partial charge in [0.2, 0.25) is 5.95 Å². The van der Waals surface area contributed by atoms with Crippen molar-refractivity contribution in [3.63, 3.8) is 0 Å². The molecule has 0 spiro atoms. The fourth-order valence-corrected chi connectivity index (χ4v) is 1.65. The zero-order valence-corrected chi connectivity index (χ0v) is 10.9. The summed E-state index contributed by atoms with van der Waals surface area (Å²) in [5.74, 6) is 1.46. The van der Waals surface area contributed by atoms with E-state index in [1.165, 1.54) is 0 Å². The molecule has 0 amide bonds. The first-order chi connectivity index (χ1) is 7.58. The average molecular weight is 225 g/mol. The standard InChI is InChI=1S/C12H23N3O/c1-6-15-7-10(4)13-12(15)14-11(8-16-5)9(2)3/h7,9,11H,6,8H2,1-5H3,(H,13,14). The van der Waals surface area contributed by atoms with Gasteiger partial charge in [-0.15, -0.1) is 0 Å². The lowest BCUT2D eigenvalue weighted by molar-refractivity contribution is 0.170. The Balaban J connectivity index is 2.75. The third-order valence-corrected chi connectivity index (χ3v) is 2.70. The second-order valence-electron chi connectivity index (χ2n) is 4.44. The van der Waals surface area contributed by atoms with E-state index in [1.54, 1.807) is 7.11 Å². The van der Waals surface area contributed by atoms with Gasteiger partial charge in [0.25, 0.3) is 0 Å². The van der Waals surface area contributed by atoms with Crippen LogP contribution in [0.1, 0.15) is 26.5 Å². The summed E-state index contributed by atoms with van der Waals surface area (Å²) in [6, 6.07) is 0.303. The van der Waals surface area contributed by atoms with Crippen LogP contribution in [0.4, 0.5) is 5.95 Å². The lowest BCUT2D eigenvalue weighted by Crippen LogP contribution is -2.31. The topological polar surface area (TPSA) is 39.1 Å². The highest BCUT2D eigenvalue weighted by Crippen LogP contribution is 2.13. The van der Waals surface area contributed by atoms with Crippen molar-refractivity contribution in [1.29, 1.82) is 0 Å². The molecule has 4 nitrogen and oxygen atoms in total. The van der Waals surface area contributed by atoms with Gasteiger partial charge in [0.1, 0.15) is 0 Å². The highest BCUT2D eigenvalue weighted by atomic mass is 16.5. The molecule has 4 heteroatoms. The highest BCUT2D eigenvalue weighted by Gasteiger charge is 2.15. The summed E-state index contributed by atoms with van der Waals surface area (Å²) >= 11 is 0. The zero-order valence-electron chi connectivity index (χ0n) is 10.9. The Hall–Kier alpha value is -1.03. The van der Waals surface area contributed by atoms with Crippen molar-refractivity contribution in [2.75, 3.05) is 19.0 Å². The second kappa shape index (κ2) is 5.89. The molecule has 0 aliphatic carbocycles. The van der Waals surface area contributed by atoms with Crippen LogP contribution < -0.4 is 5.32 Å². The number of rotatable bonds is 6. The fraction of sp³-hybridized carbons (Fsp3) is 0.750. The van der Waals surface area contributed by atoms with Gasteiger partial charge in [-0.2, -0.15) is 0 Å². The molecule has 92 valence electrons. The third-order valence-electron chi connectivity index (χ3n) is 2.70. The normalized spacial score (nSPS) is 13.1. The molecule has 0 saturated carbocycles. The van der Waals surface area contributed by atoms with Crippen LogP contribution in [0.25, 0.3) is 0 Å². The van der Waals surface area contributed by atoms with Crippen molar-refractivity contribution in [2.45, 2.75) is 40.3 Å². The molecule has 16 heavy (non-hydrogen) atoms. The molecule has 0 aliphatic rings. The molecule has 0 saturated heterocycles. The largest absolute Gasteiger partial charge is 0.383 e. The maximum atomic E-state index is 5.22. The number of methoxy groups -OCH3 is 1. The minimum absolute atomic E-state index is 0.303. The van der Waals surface area contributed by atoms with Crippen molar-refractivity contribution >= 4 is 5.95 Å². The summed E-state index contributed by atoms with van der Waals surface area (Å²) < 4.78 is 7.34. The molecule has 1 N–H and O–H groups in total. The molecule has 1 heterocycles. The Bertz CT molecular complexity index is 320. The smallest absolute Gasteiger partial charge is 0.203 e. The van der Waals surface area contributed by atoms with Crippen LogP contribution in [0.2, 0.25) is 0 Å². The molecular weight excluding hydrogens is 202 g/mol. The first-order valence-corrected chi connectivity index (χ1v) is 5.87. The van der Waals surface area contributed by atoms with E-state index in [4.69, 9.17) is 4.74 Å². The maximum Gasteiger partial charge on any atom is 0.203 e. The Kier molecular flexibility index (Phi) is 4.80. The molecule has 0 bridgehead atoms. The van der Waals surface area contributed by atoms with E-state index < -0.39 is 0 Å². The summed E-state index contributed by atoms with van der Waals surface area (Å²) in [6.45, 7) is 10.1. The third kappa shape index (κ3) is 3.23. The van der Waals surface area contributed by atoms with Crippen LogP contribution in [0.3, 0.4) is 0 Å². The van der Waals surface area contributed by atoms with E-state index in [1.807, 2.05) is 6.92 Å². The number of anilines is 1. The molecule has 1 atom stereocenters. The van der Waals surface area contributed by atoms with E-state index in [-0.39, 0.29) is 0 Å². The monoisotopic (exact) mass is 225 g/mol. The molecule has 1 aromatic rings. The van der Waals surface area contributed by atoms with Gasteiger partial charge in [0.05, 0.1) is 18.3 Å². The Morgan fingerprint density at radius 1 is 1.50 bits per heavy atom. The van der Waals surface area contributed by atoms with Gasteiger partial charge in [0, 0.05) is 19.9 Å². The SMILES string of the molecule is CCn1cc(C)nc1NC(COC)C(C)C. The molecule has 0 aliphatic heterocycles. The Labute approximate surface area is 98.0 Å². The number of nitrogens with one attached hydrogen (secondary N) is 1. The molecule has 0 fully saturated rings. The van der Waals surface area contributed by atoms with E-state index in [0.29, 0.717) is 18.6 Å². The van der Waals surface area contributed by atoms with Crippen LogP contribution in [-0.2, 0) is 11.3 Å². The van der Waals surface area contributed by atoms with Crippen molar-refractivity contribution in [3.05, 3.63) is 11.9 Å². The van der Waals surface area contributed by atoms with Crippen molar-refractivity contribution in [2.24, 2.45) is 5.92 Å². The lowest BCUT2D eigenvalue weighted by Gasteiger charge is -2.22. The van der Waals surface area contributed by atoms with Gasteiger partial charge in [-0.3, -0.25) is 0 Å². The van der Waals surface area contributed by atoms with Crippen LogP contribution in [0, 0.1) is 12.8 Å². The van der Waals surface area contributed by atoms with Crippen molar-refractivity contribution in [3.8, 4) is 0 Å². The number of imidazole rings is 1. The second-order valence-corrected chi connectivity index (χ2v) is 4.44. The molecule has 1 rings (SSSR count). The van der Waals surface area contributed by atoms with Gasteiger partial charge in [-0.05, 0) is 19.8 Å². The van der Waals surface area contributed by atoms with E-state index in [9.17, 15) is 0 Å². The van der Waals surface area contributed by atoms with E-state index in [2.05, 4.69) is 41.8 Å². The summed E-state index contributed by atoms with van der Waals surface area (Å²) in [4.78, 5) is 4.48. The predicted molar refractivity (Wildman–Crippen MR) is 66.8 cm³/mol. The predicted octanol–water partition coefficient (Wildman–Crippen LogP) is 2.29. The number of hydrogen-bond acceptors (Lipinski definition) is 3. The zero-order chi connectivity index (χ0) is 12.1. The highest BCUT2D eigenvalue weighted by molar-refractivity contribution is 5.30. The summed E-state index contributed by atoms with van der Waals surface area (Å²) in [5, 5.41) is 3.45. The van der Waals surface area contributed by atoms with Gasteiger partial charge in [-0.1, -0.05) is 13.8 Å². The summed E-state index contributed by atoms with van der Waals surface area (Å²) in [7, 11) is 1.73. The Morgan fingerprint density at radius 3 is 2.69 bits per heavy atom. The summed E-state index contributed by atoms with van der Waals surface area (Å²) in [6.07, 6.45) is 2.06. The summed E-state index contributed by atoms with van der Waals surface area (Å²) in [5.41, 5.74) is 1.05. The van der Waals surface area contributed by atoms with Gasteiger partial charge >= 0.3 is 0 Å². The average Bonchev–Trinajstić information content (AvgIpc) is 2.58. The molecule has 1 unspecified atom stereocenters. The molecule has 0 aromatic carbocycles. The number of aromatic nitrogens is 2. The van der Waals surface area contributed by atoms with Gasteiger partial charge in [0.15, 0.2) is 0 Å². The first kappa shape index (κ1) is 13.0. The Morgan fingerprint density at radius 2 is 2.19 bits per heavy atom.